The smallest absolute Gasteiger partial charge is 0.139 e. The molecule has 0 aliphatic heterocycles. The van der Waals surface area contributed by atoms with Gasteiger partial charge >= 0.3 is 0 Å². The third-order valence-electron chi connectivity index (χ3n) is 5.29. The molecule has 2 heteroatoms. The van der Waals surface area contributed by atoms with Crippen LogP contribution in [-0.4, -0.2) is 11.6 Å². The van der Waals surface area contributed by atoms with Crippen LogP contribution in [-0.2, 0) is 9.59 Å². The molecule has 2 bridgehead atoms. The Kier molecular flexibility index (Phi) is 3.06. The predicted octanol–water partition coefficient (Wildman–Crippen LogP) is 3.14. The zero-order valence-electron chi connectivity index (χ0n) is 10.5. The Morgan fingerprint density at radius 3 is 2.47 bits per heavy atom. The normalized spacial score (nSPS) is 37.6. The van der Waals surface area contributed by atoms with Crippen LogP contribution in [0.25, 0.3) is 0 Å². The van der Waals surface area contributed by atoms with Crippen molar-refractivity contribution in [2.45, 2.75) is 57.8 Å². The summed E-state index contributed by atoms with van der Waals surface area (Å²) in [6.07, 6.45) is 9.81. The van der Waals surface area contributed by atoms with Gasteiger partial charge in [-0.05, 0) is 38.0 Å². The monoisotopic (exact) mass is 234 g/mol. The summed E-state index contributed by atoms with van der Waals surface area (Å²) in [7, 11) is 0. The molecule has 3 saturated carbocycles. The highest BCUT2D eigenvalue weighted by Gasteiger charge is 2.47. The fourth-order valence-corrected chi connectivity index (χ4v) is 4.25. The lowest BCUT2D eigenvalue weighted by molar-refractivity contribution is -0.132. The van der Waals surface area contributed by atoms with Gasteiger partial charge in [0.05, 0.1) is 0 Å². The van der Waals surface area contributed by atoms with E-state index in [2.05, 4.69) is 0 Å². The van der Waals surface area contributed by atoms with E-state index in [0.717, 1.165) is 25.7 Å². The van der Waals surface area contributed by atoms with E-state index in [1.54, 1.807) is 0 Å². The Morgan fingerprint density at radius 1 is 1.06 bits per heavy atom. The first kappa shape index (κ1) is 11.4. The molecule has 0 radical (unpaired) electrons. The Labute approximate surface area is 103 Å². The molecule has 3 unspecified atom stereocenters. The molecule has 0 N–H and O–H groups in total. The Morgan fingerprint density at radius 2 is 1.82 bits per heavy atom. The van der Waals surface area contributed by atoms with E-state index in [1.165, 1.54) is 25.7 Å². The van der Waals surface area contributed by atoms with Crippen LogP contribution in [0.15, 0.2) is 0 Å². The van der Waals surface area contributed by atoms with Gasteiger partial charge in [-0.1, -0.05) is 19.3 Å². The van der Waals surface area contributed by atoms with Crippen molar-refractivity contribution in [3.63, 3.8) is 0 Å². The number of rotatable bonds is 3. The average molecular weight is 234 g/mol. The number of carbonyl (C=O) groups excluding carboxylic acids is 2. The maximum absolute atomic E-state index is 12.2. The van der Waals surface area contributed by atoms with E-state index in [1.807, 2.05) is 0 Å². The minimum atomic E-state index is 0.114. The van der Waals surface area contributed by atoms with Crippen LogP contribution in [0, 0.1) is 23.7 Å². The second kappa shape index (κ2) is 4.55. The molecule has 3 atom stereocenters. The lowest BCUT2D eigenvalue weighted by atomic mass is 9.78. The summed E-state index contributed by atoms with van der Waals surface area (Å²) >= 11 is 0. The predicted molar refractivity (Wildman–Crippen MR) is 65.5 cm³/mol. The highest BCUT2D eigenvalue weighted by molar-refractivity contribution is 5.92. The number of Topliss-reactive ketones (excluding diaryl/α,β-unsaturated/α-hetero) is 2. The number of fused-ring (bicyclic) bond motifs is 2. The molecule has 3 aliphatic rings. The molecule has 94 valence electrons. The van der Waals surface area contributed by atoms with Gasteiger partial charge in [0.1, 0.15) is 11.6 Å². The Bertz CT molecular complexity index is 328. The molecule has 2 nitrogen and oxygen atoms in total. The maximum atomic E-state index is 12.2. The quantitative estimate of drug-likeness (QED) is 0.751. The van der Waals surface area contributed by atoms with Gasteiger partial charge in [-0.15, -0.1) is 0 Å². The summed E-state index contributed by atoms with van der Waals surface area (Å²) in [6, 6.07) is 0. The molecule has 0 saturated heterocycles. The van der Waals surface area contributed by atoms with Crippen molar-refractivity contribution >= 4 is 11.6 Å². The zero-order valence-corrected chi connectivity index (χ0v) is 10.5. The average Bonchev–Trinajstić information content (AvgIpc) is 2.94. The summed E-state index contributed by atoms with van der Waals surface area (Å²) in [6.45, 7) is 0. The van der Waals surface area contributed by atoms with Gasteiger partial charge in [0, 0.05) is 24.2 Å². The third kappa shape index (κ3) is 2.07. The topological polar surface area (TPSA) is 34.1 Å². The molecule has 3 aliphatic carbocycles. The van der Waals surface area contributed by atoms with E-state index in [9.17, 15) is 9.59 Å². The lowest BCUT2D eigenvalue weighted by Crippen LogP contribution is -2.28. The van der Waals surface area contributed by atoms with Crippen LogP contribution in [0.1, 0.15) is 57.8 Å². The first-order chi connectivity index (χ1) is 8.25. The van der Waals surface area contributed by atoms with Crippen molar-refractivity contribution < 1.29 is 9.59 Å². The van der Waals surface area contributed by atoms with Crippen molar-refractivity contribution in [2.75, 3.05) is 0 Å². The van der Waals surface area contributed by atoms with E-state index in [0.29, 0.717) is 29.8 Å². The molecule has 3 rings (SSSR count). The minimum absolute atomic E-state index is 0.114. The van der Waals surface area contributed by atoms with Gasteiger partial charge in [0.2, 0.25) is 0 Å². The zero-order chi connectivity index (χ0) is 11.8. The van der Waals surface area contributed by atoms with Gasteiger partial charge in [0.15, 0.2) is 0 Å². The fraction of sp³-hybridized carbons (Fsp3) is 0.867. The summed E-state index contributed by atoms with van der Waals surface area (Å²) in [5.41, 5.74) is 0. The highest BCUT2D eigenvalue weighted by atomic mass is 16.1. The van der Waals surface area contributed by atoms with Crippen LogP contribution in [0.4, 0.5) is 0 Å². The van der Waals surface area contributed by atoms with Crippen LogP contribution in [0.2, 0.25) is 0 Å². The van der Waals surface area contributed by atoms with Crippen LogP contribution in [0.5, 0.6) is 0 Å². The Balaban J connectivity index is 1.59. The lowest BCUT2D eigenvalue weighted by Gasteiger charge is -2.24. The first-order valence-corrected chi connectivity index (χ1v) is 7.32. The molecular formula is C15H22O2. The largest absolute Gasteiger partial charge is 0.299 e. The van der Waals surface area contributed by atoms with Crippen molar-refractivity contribution in [3.05, 3.63) is 0 Å². The summed E-state index contributed by atoms with van der Waals surface area (Å²) < 4.78 is 0. The van der Waals surface area contributed by atoms with E-state index in [-0.39, 0.29) is 11.8 Å². The van der Waals surface area contributed by atoms with Gasteiger partial charge < -0.3 is 0 Å². The van der Waals surface area contributed by atoms with E-state index >= 15 is 0 Å². The first-order valence-electron chi connectivity index (χ1n) is 7.32. The summed E-state index contributed by atoms with van der Waals surface area (Å²) in [4.78, 5) is 24.3. The summed E-state index contributed by atoms with van der Waals surface area (Å²) in [5, 5.41) is 0. The third-order valence-corrected chi connectivity index (χ3v) is 5.29. The molecule has 0 aromatic heterocycles. The molecule has 0 aromatic rings. The number of ketones is 2. The SMILES string of the molecule is O=C(CC1C(=O)C2CCC1C2)C1CCCCC1. The fourth-order valence-electron chi connectivity index (χ4n) is 4.25. The van der Waals surface area contributed by atoms with Gasteiger partial charge in [0.25, 0.3) is 0 Å². The van der Waals surface area contributed by atoms with E-state index < -0.39 is 0 Å². The molecular weight excluding hydrogens is 212 g/mol. The van der Waals surface area contributed by atoms with Crippen molar-refractivity contribution in [2.24, 2.45) is 23.7 Å². The van der Waals surface area contributed by atoms with Crippen molar-refractivity contribution in [1.82, 2.24) is 0 Å². The standard InChI is InChI=1S/C15H22O2/c16-14(10-4-2-1-3-5-10)9-13-11-6-7-12(8-11)15(13)17/h10-13H,1-9H2. The Hall–Kier alpha value is -0.660. The molecule has 3 fully saturated rings. The second-order valence-electron chi connectivity index (χ2n) is 6.28. The van der Waals surface area contributed by atoms with Gasteiger partial charge in [-0.3, -0.25) is 9.59 Å². The summed E-state index contributed by atoms with van der Waals surface area (Å²) in [5.74, 6) is 2.10. The molecule has 17 heavy (non-hydrogen) atoms. The number of hydrogen-bond donors (Lipinski definition) is 0. The number of hydrogen-bond acceptors (Lipinski definition) is 2. The van der Waals surface area contributed by atoms with Gasteiger partial charge in [-0.25, -0.2) is 0 Å². The van der Waals surface area contributed by atoms with Gasteiger partial charge in [-0.2, -0.15) is 0 Å². The molecule has 0 aromatic carbocycles. The second-order valence-corrected chi connectivity index (χ2v) is 6.28. The van der Waals surface area contributed by atoms with E-state index in [4.69, 9.17) is 0 Å². The molecule has 0 heterocycles. The van der Waals surface area contributed by atoms with Crippen LogP contribution < -0.4 is 0 Å². The minimum Gasteiger partial charge on any atom is -0.299 e. The molecule has 0 spiro atoms. The van der Waals surface area contributed by atoms with Crippen LogP contribution >= 0.6 is 0 Å². The van der Waals surface area contributed by atoms with Crippen molar-refractivity contribution in [3.8, 4) is 0 Å². The molecule has 0 amide bonds. The van der Waals surface area contributed by atoms with Crippen LogP contribution in [0.3, 0.4) is 0 Å². The highest BCUT2D eigenvalue weighted by Crippen LogP contribution is 2.47. The maximum Gasteiger partial charge on any atom is 0.139 e. The number of carbonyl (C=O) groups is 2. The van der Waals surface area contributed by atoms with Crippen molar-refractivity contribution in [1.29, 1.82) is 0 Å².